The predicted molar refractivity (Wildman–Crippen MR) is 60.7 cm³/mol. The van der Waals surface area contributed by atoms with Gasteiger partial charge in [0.05, 0.1) is 0 Å². The lowest BCUT2D eigenvalue weighted by Crippen LogP contribution is -2.24. The van der Waals surface area contributed by atoms with Gasteiger partial charge in [0.1, 0.15) is 0 Å². The number of halogens is 3. The van der Waals surface area contributed by atoms with E-state index in [1.54, 1.807) is 11.3 Å². The Balaban J connectivity index is 1.91. The zero-order valence-corrected chi connectivity index (χ0v) is 9.57. The zero-order chi connectivity index (χ0) is 12.3. The van der Waals surface area contributed by atoms with E-state index in [1.165, 1.54) is 0 Å². The van der Waals surface area contributed by atoms with Gasteiger partial charge in [0.2, 0.25) is 0 Å². The van der Waals surface area contributed by atoms with E-state index in [0.717, 1.165) is 15.6 Å². The van der Waals surface area contributed by atoms with Crippen LogP contribution in [-0.4, -0.2) is 12.8 Å². The van der Waals surface area contributed by atoms with Crippen LogP contribution >= 0.6 is 11.3 Å². The molecule has 0 saturated carbocycles. The molecule has 0 aliphatic heterocycles. The quantitative estimate of drug-likeness (QED) is 0.672. The first-order valence-electron chi connectivity index (χ1n) is 4.93. The highest BCUT2D eigenvalue weighted by Gasteiger charge is 2.27. The number of hydroxylamine groups is 1. The van der Waals surface area contributed by atoms with Gasteiger partial charge in [-0.15, -0.1) is 11.3 Å². The van der Waals surface area contributed by atoms with Crippen LogP contribution in [0.25, 0.3) is 10.1 Å². The van der Waals surface area contributed by atoms with Gasteiger partial charge in [-0.2, -0.15) is 18.7 Å². The summed E-state index contributed by atoms with van der Waals surface area (Å²) in [6.07, 6.45) is -4.30. The van der Waals surface area contributed by atoms with Gasteiger partial charge in [0.15, 0.2) is 6.61 Å². The fourth-order valence-corrected chi connectivity index (χ4v) is 2.39. The maximum Gasteiger partial charge on any atom is 0.413 e. The number of rotatable bonds is 4. The summed E-state index contributed by atoms with van der Waals surface area (Å²) in [5.41, 5.74) is 3.26. The van der Waals surface area contributed by atoms with E-state index < -0.39 is 12.8 Å². The Kier molecular flexibility index (Phi) is 3.66. The molecule has 2 rings (SSSR count). The number of alkyl halides is 3. The standard InChI is InChI=1S/C11H10F3NOS/c12-11(13,14)7-16-15-5-8-6-17-10-4-2-1-3-9(8)10/h1-4,6,15H,5,7H2. The first-order chi connectivity index (χ1) is 8.06. The second-order valence-corrected chi connectivity index (χ2v) is 4.39. The molecule has 2 aromatic rings. The lowest BCUT2D eigenvalue weighted by Gasteiger charge is -2.07. The number of nitrogens with one attached hydrogen (secondary N) is 1. The Morgan fingerprint density at radius 2 is 2.00 bits per heavy atom. The van der Waals surface area contributed by atoms with Crippen molar-refractivity contribution in [1.82, 2.24) is 5.48 Å². The highest BCUT2D eigenvalue weighted by atomic mass is 32.1. The smallest absolute Gasteiger partial charge is 0.292 e. The van der Waals surface area contributed by atoms with Gasteiger partial charge in [0.25, 0.3) is 0 Å². The molecule has 0 atom stereocenters. The van der Waals surface area contributed by atoms with E-state index in [1.807, 2.05) is 29.6 Å². The highest BCUT2D eigenvalue weighted by molar-refractivity contribution is 7.17. The van der Waals surface area contributed by atoms with Crippen LogP contribution in [0.5, 0.6) is 0 Å². The maximum absolute atomic E-state index is 11.8. The summed E-state index contributed by atoms with van der Waals surface area (Å²) >= 11 is 1.56. The first-order valence-corrected chi connectivity index (χ1v) is 5.81. The maximum atomic E-state index is 11.8. The van der Waals surface area contributed by atoms with Crippen LogP contribution in [-0.2, 0) is 11.4 Å². The third-order valence-corrected chi connectivity index (χ3v) is 3.17. The monoisotopic (exact) mass is 261 g/mol. The van der Waals surface area contributed by atoms with Crippen molar-refractivity contribution in [2.75, 3.05) is 6.61 Å². The lowest BCUT2D eigenvalue weighted by atomic mass is 10.2. The topological polar surface area (TPSA) is 21.3 Å². The van der Waals surface area contributed by atoms with Crippen LogP contribution < -0.4 is 5.48 Å². The molecule has 0 aliphatic carbocycles. The van der Waals surface area contributed by atoms with Gasteiger partial charge < -0.3 is 0 Å². The number of thiophene rings is 1. The van der Waals surface area contributed by atoms with E-state index in [0.29, 0.717) is 0 Å². The van der Waals surface area contributed by atoms with Gasteiger partial charge in [-0.1, -0.05) is 18.2 Å². The van der Waals surface area contributed by atoms with Crippen molar-refractivity contribution in [1.29, 1.82) is 0 Å². The average molecular weight is 261 g/mol. The molecule has 1 N–H and O–H groups in total. The largest absolute Gasteiger partial charge is 0.413 e. The fraction of sp³-hybridized carbons (Fsp3) is 0.273. The molecule has 0 saturated heterocycles. The van der Waals surface area contributed by atoms with E-state index in [9.17, 15) is 13.2 Å². The first kappa shape index (κ1) is 12.3. The molecular weight excluding hydrogens is 251 g/mol. The molecule has 1 aromatic heterocycles. The van der Waals surface area contributed by atoms with E-state index in [2.05, 4.69) is 10.3 Å². The molecule has 2 nitrogen and oxygen atoms in total. The summed E-state index contributed by atoms with van der Waals surface area (Å²) in [5.74, 6) is 0. The molecule has 17 heavy (non-hydrogen) atoms. The van der Waals surface area contributed by atoms with Crippen LogP contribution in [0.3, 0.4) is 0 Å². The SMILES string of the molecule is FC(F)(F)CONCc1csc2ccccc12. The number of fused-ring (bicyclic) bond motifs is 1. The van der Waals surface area contributed by atoms with Crippen molar-refractivity contribution in [3.63, 3.8) is 0 Å². The van der Waals surface area contributed by atoms with Crippen molar-refractivity contribution in [3.05, 3.63) is 35.2 Å². The van der Waals surface area contributed by atoms with Crippen LogP contribution in [0.2, 0.25) is 0 Å². The Labute approximate surface area is 100.0 Å². The van der Waals surface area contributed by atoms with Crippen molar-refractivity contribution in [2.45, 2.75) is 12.7 Å². The van der Waals surface area contributed by atoms with Crippen molar-refractivity contribution >= 4 is 21.4 Å². The normalized spacial score (nSPS) is 12.2. The molecule has 0 spiro atoms. The van der Waals surface area contributed by atoms with Gasteiger partial charge >= 0.3 is 6.18 Å². The summed E-state index contributed by atoms with van der Waals surface area (Å²) in [4.78, 5) is 4.35. The lowest BCUT2D eigenvalue weighted by molar-refractivity contribution is -0.190. The van der Waals surface area contributed by atoms with Gasteiger partial charge in [-0.05, 0) is 22.4 Å². The van der Waals surface area contributed by atoms with Crippen molar-refractivity contribution in [2.24, 2.45) is 0 Å². The molecule has 6 heteroatoms. The summed E-state index contributed by atoms with van der Waals surface area (Å²) < 4.78 is 36.5. The summed E-state index contributed by atoms with van der Waals surface area (Å²) in [5, 5.41) is 2.95. The molecule has 0 radical (unpaired) electrons. The Morgan fingerprint density at radius 1 is 1.24 bits per heavy atom. The second kappa shape index (κ2) is 5.03. The third-order valence-electron chi connectivity index (χ3n) is 2.16. The summed E-state index contributed by atoms with van der Waals surface area (Å²) in [6.45, 7) is -1.02. The van der Waals surface area contributed by atoms with Crippen LogP contribution in [0, 0.1) is 0 Å². The second-order valence-electron chi connectivity index (χ2n) is 3.48. The molecule has 92 valence electrons. The molecule has 0 fully saturated rings. The molecule has 0 unspecified atom stereocenters. The third kappa shape index (κ3) is 3.42. The predicted octanol–water partition coefficient (Wildman–Crippen LogP) is 3.48. The zero-order valence-electron chi connectivity index (χ0n) is 8.75. The van der Waals surface area contributed by atoms with Crippen LogP contribution in [0.15, 0.2) is 29.6 Å². The van der Waals surface area contributed by atoms with E-state index in [-0.39, 0.29) is 6.54 Å². The number of hydrogen-bond acceptors (Lipinski definition) is 3. The van der Waals surface area contributed by atoms with Crippen molar-refractivity contribution in [3.8, 4) is 0 Å². The molecule has 1 heterocycles. The Hall–Kier alpha value is -1.11. The molecule has 1 aromatic carbocycles. The Bertz CT molecular complexity index is 495. The summed E-state index contributed by atoms with van der Waals surface area (Å²) in [7, 11) is 0. The highest BCUT2D eigenvalue weighted by Crippen LogP contribution is 2.25. The van der Waals surface area contributed by atoms with E-state index in [4.69, 9.17) is 0 Å². The van der Waals surface area contributed by atoms with E-state index >= 15 is 0 Å². The van der Waals surface area contributed by atoms with Crippen LogP contribution in [0.1, 0.15) is 5.56 Å². The molecule has 0 aliphatic rings. The van der Waals surface area contributed by atoms with Gasteiger partial charge in [-0.25, -0.2) is 0 Å². The van der Waals surface area contributed by atoms with Gasteiger partial charge in [-0.3, -0.25) is 4.84 Å². The minimum atomic E-state index is -4.30. The molecular formula is C11H10F3NOS. The average Bonchev–Trinajstić information content (AvgIpc) is 2.67. The minimum absolute atomic E-state index is 0.264. The number of hydrogen-bond donors (Lipinski definition) is 1. The van der Waals surface area contributed by atoms with Crippen molar-refractivity contribution < 1.29 is 18.0 Å². The molecule has 0 amide bonds. The molecule has 0 bridgehead atoms. The number of benzene rings is 1. The Morgan fingerprint density at radius 3 is 2.76 bits per heavy atom. The van der Waals surface area contributed by atoms with Gasteiger partial charge in [0, 0.05) is 11.2 Å². The summed E-state index contributed by atoms with van der Waals surface area (Å²) in [6, 6.07) is 7.73. The van der Waals surface area contributed by atoms with Crippen LogP contribution in [0.4, 0.5) is 13.2 Å². The minimum Gasteiger partial charge on any atom is -0.292 e. The fourth-order valence-electron chi connectivity index (χ4n) is 1.43.